The Bertz CT molecular complexity index is 388. The van der Waals surface area contributed by atoms with Gasteiger partial charge in [-0.2, -0.15) is 0 Å². The summed E-state index contributed by atoms with van der Waals surface area (Å²) in [6.07, 6.45) is 0.925. The van der Waals surface area contributed by atoms with E-state index in [9.17, 15) is 4.79 Å². The van der Waals surface area contributed by atoms with E-state index in [1.807, 2.05) is 38.1 Å². The van der Waals surface area contributed by atoms with Crippen molar-refractivity contribution in [2.75, 3.05) is 6.61 Å². The monoisotopic (exact) mass is 249 g/mol. The smallest absolute Gasteiger partial charge is 0.258 e. The summed E-state index contributed by atoms with van der Waals surface area (Å²) in [6, 6.07) is 8.05. The minimum Gasteiger partial charge on any atom is -0.483 e. The number of carbonyl (C=O) groups is 1. The van der Waals surface area contributed by atoms with Gasteiger partial charge < -0.3 is 10.1 Å². The first-order valence-electron chi connectivity index (χ1n) is 6.55. The van der Waals surface area contributed by atoms with Crippen LogP contribution in [0.2, 0.25) is 0 Å². The normalized spacial score (nSPS) is 12.3. The van der Waals surface area contributed by atoms with Crippen LogP contribution in [0.5, 0.6) is 5.75 Å². The van der Waals surface area contributed by atoms with Crippen molar-refractivity contribution in [2.45, 2.75) is 46.1 Å². The van der Waals surface area contributed by atoms with Gasteiger partial charge in [-0.3, -0.25) is 4.79 Å². The van der Waals surface area contributed by atoms with Crippen molar-refractivity contribution in [1.82, 2.24) is 5.32 Å². The molecule has 0 aromatic heterocycles. The average molecular weight is 249 g/mol. The van der Waals surface area contributed by atoms with Crippen molar-refractivity contribution in [1.29, 1.82) is 0 Å². The lowest BCUT2D eigenvalue weighted by atomic mass is 10.0. The zero-order valence-electron chi connectivity index (χ0n) is 11.7. The molecule has 0 radical (unpaired) electrons. The molecule has 1 atom stereocenters. The van der Waals surface area contributed by atoms with Crippen LogP contribution in [-0.4, -0.2) is 18.6 Å². The van der Waals surface area contributed by atoms with Gasteiger partial charge in [0.25, 0.3) is 5.91 Å². The molecule has 0 saturated carbocycles. The van der Waals surface area contributed by atoms with Crippen LogP contribution in [0.3, 0.4) is 0 Å². The Labute approximate surface area is 110 Å². The number of nitrogens with one attached hydrogen (secondary N) is 1. The van der Waals surface area contributed by atoms with E-state index < -0.39 is 0 Å². The van der Waals surface area contributed by atoms with Gasteiger partial charge in [0.2, 0.25) is 0 Å². The molecule has 0 saturated heterocycles. The Morgan fingerprint density at radius 1 is 1.28 bits per heavy atom. The highest BCUT2D eigenvalue weighted by atomic mass is 16.5. The van der Waals surface area contributed by atoms with Gasteiger partial charge in [0.1, 0.15) is 5.75 Å². The molecule has 1 rings (SSSR count). The van der Waals surface area contributed by atoms with E-state index in [2.05, 4.69) is 19.2 Å². The van der Waals surface area contributed by atoms with Crippen molar-refractivity contribution in [3.63, 3.8) is 0 Å². The average Bonchev–Trinajstić information content (AvgIpc) is 2.36. The van der Waals surface area contributed by atoms with Crippen LogP contribution in [-0.2, 0) is 4.79 Å². The Morgan fingerprint density at radius 2 is 1.94 bits per heavy atom. The van der Waals surface area contributed by atoms with Gasteiger partial charge in [0.05, 0.1) is 0 Å². The second-order valence-electron chi connectivity index (χ2n) is 4.86. The maximum absolute atomic E-state index is 11.6. The molecule has 0 aliphatic carbocycles. The number of para-hydroxylation sites is 1. The van der Waals surface area contributed by atoms with Crippen LogP contribution in [0, 0.1) is 0 Å². The molecule has 0 fully saturated rings. The Hall–Kier alpha value is -1.51. The van der Waals surface area contributed by atoms with Gasteiger partial charge in [-0.25, -0.2) is 0 Å². The maximum atomic E-state index is 11.6. The molecule has 100 valence electrons. The maximum Gasteiger partial charge on any atom is 0.258 e. The highest BCUT2D eigenvalue weighted by Crippen LogP contribution is 2.25. The zero-order valence-corrected chi connectivity index (χ0v) is 11.7. The van der Waals surface area contributed by atoms with E-state index >= 15 is 0 Å². The second kappa shape index (κ2) is 7.04. The highest BCUT2D eigenvalue weighted by molar-refractivity contribution is 5.77. The fraction of sp³-hybridized carbons (Fsp3) is 0.533. The van der Waals surface area contributed by atoms with Crippen LogP contribution in [0.15, 0.2) is 24.3 Å². The Balaban J connectivity index is 2.56. The predicted molar refractivity (Wildman–Crippen MR) is 73.9 cm³/mol. The highest BCUT2D eigenvalue weighted by Gasteiger charge is 2.10. The van der Waals surface area contributed by atoms with Crippen LogP contribution < -0.4 is 10.1 Å². The molecule has 0 bridgehead atoms. The fourth-order valence-electron chi connectivity index (χ4n) is 1.65. The van der Waals surface area contributed by atoms with Crippen LogP contribution >= 0.6 is 0 Å². The molecular formula is C15H23NO2. The SMILES string of the molecule is CC[C@@H](C)NC(=O)COc1ccccc1C(C)C. The van der Waals surface area contributed by atoms with E-state index in [1.165, 1.54) is 0 Å². The predicted octanol–water partition coefficient (Wildman–Crippen LogP) is 3.10. The quantitative estimate of drug-likeness (QED) is 0.841. The van der Waals surface area contributed by atoms with Crippen LogP contribution in [0.4, 0.5) is 0 Å². The van der Waals surface area contributed by atoms with Gasteiger partial charge >= 0.3 is 0 Å². The van der Waals surface area contributed by atoms with Gasteiger partial charge in [0, 0.05) is 6.04 Å². The number of hydrogen-bond acceptors (Lipinski definition) is 2. The third-order valence-electron chi connectivity index (χ3n) is 2.92. The Kier molecular flexibility index (Phi) is 5.69. The fourth-order valence-corrected chi connectivity index (χ4v) is 1.65. The second-order valence-corrected chi connectivity index (χ2v) is 4.86. The first kappa shape index (κ1) is 14.6. The molecule has 3 nitrogen and oxygen atoms in total. The number of ether oxygens (including phenoxy) is 1. The van der Waals surface area contributed by atoms with E-state index in [0.717, 1.165) is 17.7 Å². The number of benzene rings is 1. The summed E-state index contributed by atoms with van der Waals surface area (Å²) in [5.74, 6) is 1.12. The first-order valence-corrected chi connectivity index (χ1v) is 6.55. The molecule has 0 aliphatic heterocycles. The van der Waals surface area contributed by atoms with Crippen molar-refractivity contribution >= 4 is 5.91 Å². The van der Waals surface area contributed by atoms with Gasteiger partial charge in [0.15, 0.2) is 6.61 Å². The molecule has 0 unspecified atom stereocenters. The third kappa shape index (κ3) is 4.40. The summed E-state index contributed by atoms with van der Waals surface area (Å²) < 4.78 is 5.59. The lowest BCUT2D eigenvalue weighted by molar-refractivity contribution is -0.123. The molecule has 0 aliphatic rings. The summed E-state index contributed by atoms with van der Waals surface area (Å²) in [5, 5.41) is 2.88. The molecule has 0 spiro atoms. The van der Waals surface area contributed by atoms with Gasteiger partial charge in [-0.05, 0) is 30.9 Å². The zero-order chi connectivity index (χ0) is 13.5. The molecule has 1 amide bonds. The number of carbonyl (C=O) groups excluding carboxylic acids is 1. The van der Waals surface area contributed by atoms with E-state index in [0.29, 0.717) is 5.92 Å². The molecule has 1 aromatic carbocycles. The standard InChI is InChI=1S/C15H23NO2/c1-5-12(4)16-15(17)10-18-14-9-7-6-8-13(14)11(2)3/h6-9,11-12H,5,10H2,1-4H3,(H,16,17)/t12-/m1/s1. The van der Waals surface area contributed by atoms with Crippen LogP contribution in [0.25, 0.3) is 0 Å². The first-order chi connectivity index (χ1) is 8.54. The Morgan fingerprint density at radius 3 is 2.56 bits per heavy atom. The molecule has 1 N–H and O–H groups in total. The van der Waals surface area contributed by atoms with E-state index in [4.69, 9.17) is 4.74 Å². The summed E-state index contributed by atoms with van der Waals surface area (Å²) >= 11 is 0. The topological polar surface area (TPSA) is 38.3 Å². The molecule has 18 heavy (non-hydrogen) atoms. The van der Waals surface area contributed by atoms with Crippen molar-refractivity contribution in [3.8, 4) is 5.75 Å². The van der Waals surface area contributed by atoms with Gasteiger partial charge in [-0.1, -0.05) is 39.0 Å². The summed E-state index contributed by atoms with van der Waals surface area (Å²) in [7, 11) is 0. The summed E-state index contributed by atoms with van der Waals surface area (Å²) in [5.41, 5.74) is 1.13. The summed E-state index contributed by atoms with van der Waals surface area (Å²) in [4.78, 5) is 11.6. The van der Waals surface area contributed by atoms with E-state index in [1.54, 1.807) is 0 Å². The van der Waals surface area contributed by atoms with Crippen molar-refractivity contribution < 1.29 is 9.53 Å². The van der Waals surface area contributed by atoms with Crippen molar-refractivity contribution in [2.24, 2.45) is 0 Å². The third-order valence-corrected chi connectivity index (χ3v) is 2.92. The minimum atomic E-state index is -0.0668. The molecule has 1 aromatic rings. The molecule has 0 heterocycles. The molecular weight excluding hydrogens is 226 g/mol. The van der Waals surface area contributed by atoms with E-state index in [-0.39, 0.29) is 18.6 Å². The minimum absolute atomic E-state index is 0.0668. The number of hydrogen-bond donors (Lipinski definition) is 1. The van der Waals surface area contributed by atoms with Crippen LogP contribution in [0.1, 0.15) is 45.6 Å². The lowest BCUT2D eigenvalue weighted by Crippen LogP contribution is -2.35. The summed E-state index contributed by atoms with van der Waals surface area (Å²) in [6.45, 7) is 8.33. The number of amides is 1. The van der Waals surface area contributed by atoms with Gasteiger partial charge in [-0.15, -0.1) is 0 Å². The number of rotatable bonds is 6. The largest absolute Gasteiger partial charge is 0.483 e. The molecule has 3 heteroatoms. The van der Waals surface area contributed by atoms with Crippen molar-refractivity contribution in [3.05, 3.63) is 29.8 Å². The lowest BCUT2D eigenvalue weighted by Gasteiger charge is -2.15.